The van der Waals surface area contributed by atoms with Gasteiger partial charge in [0.25, 0.3) is 0 Å². The number of aliphatic hydroxyl groups excluding tert-OH is 1. The van der Waals surface area contributed by atoms with Gasteiger partial charge in [0.15, 0.2) is 0 Å². The van der Waals surface area contributed by atoms with Crippen LogP contribution in [-0.2, 0) is 12.4 Å². The third kappa shape index (κ3) is 3.31. The molecule has 0 amide bonds. The maximum absolute atomic E-state index is 13.4. The maximum Gasteiger partial charge on any atom is 0.130 e. The van der Waals surface area contributed by atoms with E-state index < -0.39 is 11.6 Å². The average molecular weight is 266 g/mol. The minimum Gasteiger partial charge on any atom is -0.392 e. The Bertz CT molecular complexity index is 543. The van der Waals surface area contributed by atoms with Crippen LogP contribution in [0.1, 0.15) is 11.1 Å². The predicted octanol–water partition coefficient (Wildman–Crippen LogP) is 3.75. The van der Waals surface area contributed by atoms with Crippen molar-refractivity contribution in [2.75, 3.05) is 0 Å². The van der Waals surface area contributed by atoms with Crippen LogP contribution in [0.3, 0.4) is 0 Å². The van der Waals surface area contributed by atoms with Gasteiger partial charge in [0.2, 0.25) is 0 Å². The van der Waals surface area contributed by atoms with E-state index in [0.29, 0.717) is 11.3 Å². The van der Waals surface area contributed by atoms with E-state index >= 15 is 0 Å². The van der Waals surface area contributed by atoms with Crippen molar-refractivity contribution in [2.45, 2.75) is 17.3 Å². The standard InChI is InChI=1S/C14H12F2OS/c15-12-5-4-11(14(16)7-12)9-18-13-3-1-2-10(6-13)8-17/h1-7,17H,8-9H2. The smallest absolute Gasteiger partial charge is 0.130 e. The Balaban J connectivity index is 2.06. The van der Waals surface area contributed by atoms with Gasteiger partial charge in [-0.15, -0.1) is 11.8 Å². The predicted molar refractivity (Wildman–Crippen MR) is 68.3 cm³/mol. The summed E-state index contributed by atoms with van der Waals surface area (Å²) in [6.45, 7) is -0.0146. The monoisotopic (exact) mass is 266 g/mol. The number of thioether (sulfide) groups is 1. The van der Waals surface area contributed by atoms with E-state index in [-0.39, 0.29) is 6.61 Å². The van der Waals surface area contributed by atoms with Crippen LogP contribution >= 0.6 is 11.8 Å². The second-order valence-electron chi connectivity index (χ2n) is 3.83. The lowest BCUT2D eigenvalue weighted by molar-refractivity contribution is 0.281. The second-order valence-corrected chi connectivity index (χ2v) is 4.88. The van der Waals surface area contributed by atoms with Crippen LogP contribution in [-0.4, -0.2) is 5.11 Å². The van der Waals surface area contributed by atoms with Crippen molar-refractivity contribution < 1.29 is 13.9 Å². The molecule has 0 fully saturated rings. The number of rotatable bonds is 4. The lowest BCUT2D eigenvalue weighted by Crippen LogP contribution is -1.89. The van der Waals surface area contributed by atoms with E-state index in [0.717, 1.165) is 16.5 Å². The van der Waals surface area contributed by atoms with Crippen molar-refractivity contribution in [3.63, 3.8) is 0 Å². The van der Waals surface area contributed by atoms with Crippen molar-refractivity contribution in [3.8, 4) is 0 Å². The molecule has 0 saturated carbocycles. The number of hydrogen-bond donors (Lipinski definition) is 1. The Morgan fingerprint density at radius 1 is 1.06 bits per heavy atom. The first-order valence-corrected chi connectivity index (χ1v) is 6.44. The molecule has 94 valence electrons. The van der Waals surface area contributed by atoms with Crippen LogP contribution < -0.4 is 0 Å². The Morgan fingerprint density at radius 2 is 1.89 bits per heavy atom. The molecule has 2 aromatic carbocycles. The molecule has 0 aliphatic rings. The van der Waals surface area contributed by atoms with Crippen LogP contribution in [0.15, 0.2) is 47.4 Å². The summed E-state index contributed by atoms with van der Waals surface area (Å²) in [5.74, 6) is -0.662. The van der Waals surface area contributed by atoms with E-state index in [9.17, 15) is 8.78 Å². The highest BCUT2D eigenvalue weighted by atomic mass is 32.2. The molecule has 0 aliphatic carbocycles. The molecule has 1 N–H and O–H groups in total. The van der Waals surface area contributed by atoms with Crippen LogP contribution in [0.25, 0.3) is 0 Å². The highest BCUT2D eigenvalue weighted by Gasteiger charge is 2.04. The summed E-state index contributed by atoms with van der Waals surface area (Å²) >= 11 is 1.45. The van der Waals surface area contributed by atoms with E-state index in [2.05, 4.69) is 0 Å². The molecule has 0 heterocycles. The zero-order valence-corrected chi connectivity index (χ0v) is 10.4. The molecular weight excluding hydrogens is 254 g/mol. The molecular formula is C14H12F2OS. The SMILES string of the molecule is OCc1cccc(SCc2ccc(F)cc2F)c1. The quantitative estimate of drug-likeness (QED) is 0.850. The van der Waals surface area contributed by atoms with Gasteiger partial charge in [-0.25, -0.2) is 8.78 Å². The summed E-state index contributed by atoms with van der Waals surface area (Å²) < 4.78 is 26.1. The van der Waals surface area contributed by atoms with Gasteiger partial charge in [-0.2, -0.15) is 0 Å². The first-order chi connectivity index (χ1) is 8.69. The average Bonchev–Trinajstić information content (AvgIpc) is 2.38. The topological polar surface area (TPSA) is 20.2 Å². The Morgan fingerprint density at radius 3 is 2.61 bits per heavy atom. The van der Waals surface area contributed by atoms with Gasteiger partial charge in [0.1, 0.15) is 11.6 Å². The Labute approximate surface area is 108 Å². The number of aliphatic hydroxyl groups is 1. The van der Waals surface area contributed by atoms with Gasteiger partial charge >= 0.3 is 0 Å². The van der Waals surface area contributed by atoms with E-state index in [1.165, 1.54) is 23.9 Å². The molecule has 0 aromatic heterocycles. The third-order valence-corrected chi connectivity index (χ3v) is 3.53. The molecule has 1 nitrogen and oxygen atoms in total. The largest absolute Gasteiger partial charge is 0.392 e. The Kier molecular flexibility index (Phi) is 4.33. The van der Waals surface area contributed by atoms with E-state index in [1.807, 2.05) is 24.3 Å². The fourth-order valence-corrected chi connectivity index (χ4v) is 2.50. The minimum atomic E-state index is -0.566. The fourth-order valence-electron chi connectivity index (χ4n) is 1.53. The van der Waals surface area contributed by atoms with Gasteiger partial charge in [0, 0.05) is 16.7 Å². The van der Waals surface area contributed by atoms with Crippen molar-refractivity contribution in [3.05, 3.63) is 65.2 Å². The highest BCUT2D eigenvalue weighted by molar-refractivity contribution is 7.98. The lowest BCUT2D eigenvalue weighted by Gasteiger charge is -2.05. The van der Waals surface area contributed by atoms with Gasteiger partial charge in [0.05, 0.1) is 6.61 Å². The molecule has 0 atom stereocenters. The molecule has 0 unspecified atom stereocenters. The number of halogens is 2. The van der Waals surface area contributed by atoms with Gasteiger partial charge < -0.3 is 5.11 Å². The van der Waals surface area contributed by atoms with Crippen molar-refractivity contribution in [2.24, 2.45) is 0 Å². The van der Waals surface area contributed by atoms with Crippen molar-refractivity contribution in [1.29, 1.82) is 0 Å². The molecule has 0 aliphatic heterocycles. The third-order valence-electron chi connectivity index (χ3n) is 2.49. The van der Waals surface area contributed by atoms with Crippen molar-refractivity contribution >= 4 is 11.8 Å². The number of benzene rings is 2. The highest BCUT2D eigenvalue weighted by Crippen LogP contribution is 2.25. The van der Waals surface area contributed by atoms with E-state index in [1.54, 1.807) is 0 Å². The summed E-state index contributed by atoms with van der Waals surface area (Å²) in [4.78, 5) is 0.949. The summed E-state index contributed by atoms with van der Waals surface area (Å²) in [5, 5.41) is 9.01. The summed E-state index contributed by atoms with van der Waals surface area (Å²) in [7, 11) is 0. The van der Waals surface area contributed by atoms with Crippen molar-refractivity contribution in [1.82, 2.24) is 0 Å². The van der Waals surface area contributed by atoms with E-state index in [4.69, 9.17) is 5.11 Å². The Hall–Kier alpha value is -1.39. The normalized spacial score (nSPS) is 10.6. The maximum atomic E-state index is 13.4. The fraction of sp³-hybridized carbons (Fsp3) is 0.143. The zero-order chi connectivity index (χ0) is 13.0. The first kappa shape index (κ1) is 13.1. The zero-order valence-electron chi connectivity index (χ0n) is 9.57. The molecule has 0 bridgehead atoms. The molecule has 0 radical (unpaired) electrons. The van der Waals surface area contributed by atoms with Crippen LogP contribution in [0.5, 0.6) is 0 Å². The molecule has 0 saturated heterocycles. The molecule has 2 aromatic rings. The second kappa shape index (κ2) is 5.98. The summed E-state index contributed by atoms with van der Waals surface area (Å²) in [5.41, 5.74) is 1.29. The van der Waals surface area contributed by atoms with Gasteiger partial charge in [-0.3, -0.25) is 0 Å². The van der Waals surface area contributed by atoms with Gasteiger partial charge in [-0.1, -0.05) is 18.2 Å². The lowest BCUT2D eigenvalue weighted by atomic mass is 10.2. The van der Waals surface area contributed by atoms with Gasteiger partial charge in [-0.05, 0) is 29.3 Å². The molecule has 2 rings (SSSR count). The summed E-state index contributed by atoms with van der Waals surface area (Å²) in [6.07, 6.45) is 0. The minimum absolute atomic E-state index is 0.0146. The molecule has 4 heteroatoms. The molecule has 18 heavy (non-hydrogen) atoms. The van der Waals surface area contributed by atoms with Crippen LogP contribution in [0.4, 0.5) is 8.78 Å². The number of hydrogen-bond acceptors (Lipinski definition) is 2. The first-order valence-electron chi connectivity index (χ1n) is 5.45. The van der Waals surface area contributed by atoms with Crippen LogP contribution in [0.2, 0.25) is 0 Å². The van der Waals surface area contributed by atoms with Crippen LogP contribution in [0, 0.1) is 11.6 Å². The molecule has 0 spiro atoms. The summed E-state index contributed by atoms with van der Waals surface area (Å²) in [6, 6.07) is 11.0.